The van der Waals surface area contributed by atoms with E-state index < -0.39 is 11.2 Å². The van der Waals surface area contributed by atoms with E-state index in [-0.39, 0.29) is 17.1 Å². The summed E-state index contributed by atoms with van der Waals surface area (Å²) in [4.78, 5) is 26.2. The van der Waals surface area contributed by atoms with Crippen molar-refractivity contribution in [1.82, 2.24) is 0 Å². The number of aliphatic hydroxyl groups is 1. The van der Waals surface area contributed by atoms with Gasteiger partial charge in [-0.2, -0.15) is 0 Å². The van der Waals surface area contributed by atoms with Crippen molar-refractivity contribution in [1.29, 1.82) is 0 Å². The summed E-state index contributed by atoms with van der Waals surface area (Å²) in [7, 11) is 3.07. The second kappa shape index (κ2) is 8.91. The number of ether oxygens (including phenoxy) is 2. The molecule has 1 aromatic rings. The van der Waals surface area contributed by atoms with Crippen LogP contribution in [0.25, 0.3) is 6.08 Å². The highest BCUT2D eigenvalue weighted by molar-refractivity contribution is 6.28. The summed E-state index contributed by atoms with van der Waals surface area (Å²) in [6.07, 6.45) is 4.36. The van der Waals surface area contributed by atoms with E-state index in [0.29, 0.717) is 36.3 Å². The van der Waals surface area contributed by atoms with Crippen molar-refractivity contribution >= 4 is 17.6 Å². The van der Waals surface area contributed by atoms with Gasteiger partial charge in [0.25, 0.3) is 0 Å². The summed E-state index contributed by atoms with van der Waals surface area (Å²) >= 11 is 0. The third-order valence-electron chi connectivity index (χ3n) is 5.43. The van der Waals surface area contributed by atoms with Crippen LogP contribution in [0.2, 0.25) is 0 Å². The molecule has 0 atom stereocenters. The number of carbonyl (C=O) groups excluding carboxylic acids is 2. The number of methoxy groups -OCH3 is 2. The fourth-order valence-electron chi connectivity index (χ4n) is 3.77. The number of aliphatic hydroxyl groups excluding tert-OH is 1. The standard InChI is InChI=1S/C23H28O5/c1-6-17-20(25)19(21(26)23(7-2,8-3)22(17)28-5)18(24)13-12-15-10-9-11-16(14-15)27-4/h9-14,25H,6-8H2,1-5H3/b13-12+. The number of carbonyl (C=O) groups is 2. The van der Waals surface area contributed by atoms with Gasteiger partial charge in [-0.15, -0.1) is 0 Å². The van der Waals surface area contributed by atoms with Crippen LogP contribution >= 0.6 is 0 Å². The number of hydrogen-bond acceptors (Lipinski definition) is 5. The van der Waals surface area contributed by atoms with E-state index in [0.717, 1.165) is 5.56 Å². The maximum Gasteiger partial charge on any atom is 0.193 e. The summed E-state index contributed by atoms with van der Waals surface area (Å²) < 4.78 is 10.7. The molecule has 1 N–H and O–H groups in total. The lowest BCUT2D eigenvalue weighted by atomic mass is 9.68. The molecule has 28 heavy (non-hydrogen) atoms. The van der Waals surface area contributed by atoms with Crippen LogP contribution in [0, 0.1) is 5.41 Å². The van der Waals surface area contributed by atoms with Gasteiger partial charge in [0.15, 0.2) is 11.6 Å². The Balaban J connectivity index is 2.52. The van der Waals surface area contributed by atoms with Crippen molar-refractivity contribution in [2.24, 2.45) is 5.41 Å². The third kappa shape index (κ3) is 3.61. The van der Waals surface area contributed by atoms with Crippen LogP contribution in [0.3, 0.4) is 0 Å². The predicted octanol–water partition coefficient (Wildman–Crippen LogP) is 4.79. The number of allylic oxidation sites excluding steroid dienone is 4. The third-order valence-corrected chi connectivity index (χ3v) is 5.43. The summed E-state index contributed by atoms with van der Waals surface area (Å²) in [5, 5.41) is 10.7. The molecule has 5 nitrogen and oxygen atoms in total. The monoisotopic (exact) mass is 384 g/mol. The Bertz CT molecular complexity index is 853. The van der Waals surface area contributed by atoms with Gasteiger partial charge in [-0.25, -0.2) is 0 Å². The lowest BCUT2D eigenvalue weighted by molar-refractivity contribution is -0.128. The Labute approximate surface area is 166 Å². The van der Waals surface area contributed by atoms with Crippen molar-refractivity contribution in [3.8, 4) is 5.75 Å². The molecule has 0 heterocycles. The van der Waals surface area contributed by atoms with E-state index in [1.54, 1.807) is 25.3 Å². The van der Waals surface area contributed by atoms with E-state index in [2.05, 4.69) is 0 Å². The molecule has 150 valence electrons. The highest BCUT2D eigenvalue weighted by Gasteiger charge is 2.49. The Morgan fingerprint density at radius 1 is 1.14 bits per heavy atom. The van der Waals surface area contributed by atoms with Crippen LogP contribution in [0.4, 0.5) is 0 Å². The topological polar surface area (TPSA) is 72.8 Å². The number of hydrogen-bond donors (Lipinski definition) is 1. The van der Waals surface area contributed by atoms with Crippen LogP contribution in [0.1, 0.15) is 45.6 Å². The zero-order valence-electron chi connectivity index (χ0n) is 17.2. The average molecular weight is 384 g/mol. The first-order valence-electron chi connectivity index (χ1n) is 9.52. The van der Waals surface area contributed by atoms with Gasteiger partial charge in [0.2, 0.25) is 0 Å². The quantitative estimate of drug-likeness (QED) is 0.515. The summed E-state index contributed by atoms with van der Waals surface area (Å²) in [6, 6.07) is 7.22. The summed E-state index contributed by atoms with van der Waals surface area (Å²) in [6.45, 7) is 5.65. The molecule has 0 saturated heterocycles. The van der Waals surface area contributed by atoms with Crippen LogP contribution in [0.15, 0.2) is 53.0 Å². The molecule has 0 saturated carbocycles. The fraction of sp³-hybridized carbons (Fsp3) is 0.391. The second-order valence-corrected chi connectivity index (χ2v) is 6.68. The van der Waals surface area contributed by atoms with Crippen LogP contribution in [0.5, 0.6) is 5.75 Å². The van der Waals surface area contributed by atoms with Crippen molar-refractivity contribution in [2.45, 2.75) is 40.0 Å². The van der Waals surface area contributed by atoms with Crippen LogP contribution < -0.4 is 4.74 Å². The van der Waals surface area contributed by atoms with Gasteiger partial charge in [-0.3, -0.25) is 9.59 Å². The van der Waals surface area contributed by atoms with Gasteiger partial charge >= 0.3 is 0 Å². The molecule has 0 amide bonds. The second-order valence-electron chi connectivity index (χ2n) is 6.68. The molecule has 1 aromatic carbocycles. The van der Waals surface area contributed by atoms with E-state index in [1.807, 2.05) is 32.9 Å². The fourth-order valence-corrected chi connectivity index (χ4v) is 3.77. The molecular formula is C23H28O5. The van der Waals surface area contributed by atoms with Crippen LogP contribution in [-0.4, -0.2) is 30.9 Å². The SMILES string of the molecule is CCC1=C(OC)C(CC)(CC)C(=O)C(C(=O)/C=C/c2cccc(OC)c2)=C1O. The molecule has 0 bridgehead atoms. The molecule has 0 spiro atoms. The minimum Gasteiger partial charge on any atom is -0.507 e. The van der Waals surface area contributed by atoms with Gasteiger partial charge in [-0.1, -0.05) is 39.0 Å². The van der Waals surface area contributed by atoms with Gasteiger partial charge in [-0.05, 0) is 43.0 Å². The number of Topliss-reactive ketones (excluding diaryl/α,β-unsaturated/α-hetero) is 1. The van der Waals surface area contributed by atoms with Crippen molar-refractivity contribution in [3.63, 3.8) is 0 Å². The lowest BCUT2D eigenvalue weighted by Gasteiger charge is -2.37. The highest BCUT2D eigenvalue weighted by atomic mass is 16.5. The van der Waals surface area contributed by atoms with Gasteiger partial charge < -0.3 is 14.6 Å². The number of benzene rings is 1. The summed E-state index contributed by atoms with van der Waals surface area (Å²) in [5.74, 6) is -0.0395. The first-order chi connectivity index (χ1) is 13.4. The van der Waals surface area contributed by atoms with Crippen molar-refractivity contribution in [2.75, 3.05) is 14.2 Å². The average Bonchev–Trinajstić information content (AvgIpc) is 2.72. The van der Waals surface area contributed by atoms with E-state index in [1.165, 1.54) is 13.2 Å². The molecule has 0 aromatic heterocycles. The minimum absolute atomic E-state index is 0.166. The maximum absolute atomic E-state index is 13.3. The first kappa shape index (κ1) is 21.5. The van der Waals surface area contributed by atoms with Crippen molar-refractivity contribution in [3.05, 3.63) is 58.6 Å². The molecule has 0 fully saturated rings. The molecule has 0 unspecified atom stereocenters. The van der Waals surface area contributed by atoms with Gasteiger partial charge in [0, 0.05) is 5.57 Å². The molecule has 1 aliphatic rings. The smallest absolute Gasteiger partial charge is 0.193 e. The minimum atomic E-state index is -0.929. The highest BCUT2D eigenvalue weighted by Crippen LogP contribution is 2.46. The molecule has 0 radical (unpaired) electrons. The number of ketones is 2. The summed E-state index contributed by atoms with van der Waals surface area (Å²) in [5.41, 5.74) is 0.183. The molecule has 1 aliphatic carbocycles. The van der Waals surface area contributed by atoms with Gasteiger partial charge in [0.1, 0.15) is 22.8 Å². The Kier molecular flexibility index (Phi) is 6.84. The van der Waals surface area contributed by atoms with Crippen molar-refractivity contribution < 1.29 is 24.2 Å². The Morgan fingerprint density at radius 2 is 1.82 bits per heavy atom. The van der Waals surface area contributed by atoms with Gasteiger partial charge in [0.05, 0.1) is 19.6 Å². The normalized spacial score (nSPS) is 16.7. The number of rotatable bonds is 8. The van der Waals surface area contributed by atoms with Crippen LogP contribution in [-0.2, 0) is 14.3 Å². The Morgan fingerprint density at radius 3 is 2.36 bits per heavy atom. The first-order valence-corrected chi connectivity index (χ1v) is 9.52. The lowest BCUT2D eigenvalue weighted by Crippen LogP contribution is -2.40. The molecule has 5 heteroatoms. The zero-order valence-corrected chi connectivity index (χ0v) is 17.2. The predicted molar refractivity (Wildman–Crippen MR) is 109 cm³/mol. The van der Waals surface area contributed by atoms with E-state index in [9.17, 15) is 14.7 Å². The Hall–Kier alpha value is -2.82. The van der Waals surface area contributed by atoms with E-state index in [4.69, 9.17) is 9.47 Å². The largest absolute Gasteiger partial charge is 0.507 e. The maximum atomic E-state index is 13.3. The molecular weight excluding hydrogens is 356 g/mol. The zero-order chi connectivity index (χ0) is 20.9. The van der Waals surface area contributed by atoms with E-state index >= 15 is 0 Å². The molecule has 0 aliphatic heterocycles. The molecule has 2 rings (SSSR count).